The zero-order chi connectivity index (χ0) is 13.4. The molecular formula is C15H25BrN2. The third kappa shape index (κ3) is 5.07. The molecule has 2 nitrogen and oxygen atoms in total. The number of pyridine rings is 1. The van der Waals surface area contributed by atoms with Crippen LogP contribution in [-0.4, -0.2) is 11.5 Å². The Kier molecular flexibility index (Phi) is 7.52. The van der Waals surface area contributed by atoms with Gasteiger partial charge in [-0.1, -0.05) is 33.6 Å². The highest BCUT2D eigenvalue weighted by Gasteiger charge is 2.16. The van der Waals surface area contributed by atoms with Gasteiger partial charge in [-0.15, -0.1) is 0 Å². The molecule has 1 heterocycles. The van der Waals surface area contributed by atoms with Crippen LogP contribution in [0.3, 0.4) is 0 Å². The summed E-state index contributed by atoms with van der Waals surface area (Å²) >= 11 is 3.44. The fourth-order valence-electron chi connectivity index (χ4n) is 2.18. The quantitative estimate of drug-likeness (QED) is 0.752. The van der Waals surface area contributed by atoms with Crippen molar-refractivity contribution in [3.8, 4) is 0 Å². The number of nitrogens with one attached hydrogen (secondary N) is 1. The Labute approximate surface area is 120 Å². The Morgan fingerprint density at radius 1 is 1.22 bits per heavy atom. The van der Waals surface area contributed by atoms with E-state index in [2.05, 4.69) is 59.1 Å². The molecule has 1 unspecified atom stereocenters. The van der Waals surface area contributed by atoms with Gasteiger partial charge < -0.3 is 5.32 Å². The molecule has 1 aromatic rings. The van der Waals surface area contributed by atoms with Crippen LogP contribution in [0.25, 0.3) is 0 Å². The molecule has 0 aromatic carbocycles. The molecule has 102 valence electrons. The molecule has 0 radical (unpaired) electrons. The molecule has 0 saturated carbocycles. The van der Waals surface area contributed by atoms with Crippen molar-refractivity contribution in [1.82, 2.24) is 10.3 Å². The summed E-state index contributed by atoms with van der Waals surface area (Å²) in [4.78, 5) is 4.54. The van der Waals surface area contributed by atoms with Crippen LogP contribution in [0.5, 0.6) is 0 Å². The van der Waals surface area contributed by atoms with Gasteiger partial charge in [-0.2, -0.15) is 0 Å². The highest BCUT2D eigenvalue weighted by Crippen LogP contribution is 2.24. The van der Waals surface area contributed by atoms with E-state index >= 15 is 0 Å². The molecule has 0 fully saturated rings. The number of halogens is 1. The van der Waals surface area contributed by atoms with Crippen LogP contribution in [-0.2, 0) is 0 Å². The Bertz CT molecular complexity index is 320. The van der Waals surface area contributed by atoms with E-state index < -0.39 is 0 Å². The minimum absolute atomic E-state index is 0.392. The molecule has 0 aliphatic rings. The fourth-order valence-corrected chi connectivity index (χ4v) is 2.41. The molecule has 0 amide bonds. The van der Waals surface area contributed by atoms with Crippen molar-refractivity contribution in [2.75, 3.05) is 6.54 Å². The van der Waals surface area contributed by atoms with Crippen LogP contribution in [0.1, 0.15) is 58.2 Å². The van der Waals surface area contributed by atoms with Crippen molar-refractivity contribution in [3.05, 3.63) is 28.5 Å². The van der Waals surface area contributed by atoms with Gasteiger partial charge in [-0.25, -0.2) is 0 Å². The van der Waals surface area contributed by atoms with E-state index in [1.165, 1.54) is 25.0 Å². The number of hydrogen-bond acceptors (Lipinski definition) is 2. The number of rotatable bonds is 8. The maximum atomic E-state index is 4.54. The summed E-state index contributed by atoms with van der Waals surface area (Å²) in [5, 5.41) is 3.63. The van der Waals surface area contributed by atoms with Gasteiger partial charge in [0.05, 0.1) is 5.69 Å². The third-order valence-corrected chi connectivity index (χ3v) is 3.94. The van der Waals surface area contributed by atoms with E-state index in [0.29, 0.717) is 6.04 Å². The summed E-state index contributed by atoms with van der Waals surface area (Å²) < 4.78 is 1.04. The lowest BCUT2D eigenvalue weighted by molar-refractivity contribution is 0.366. The van der Waals surface area contributed by atoms with Crippen LogP contribution in [0.2, 0.25) is 0 Å². The van der Waals surface area contributed by atoms with Crippen molar-refractivity contribution in [1.29, 1.82) is 0 Å². The molecular weight excluding hydrogens is 288 g/mol. The van der Waals surface area contributed by atoms with Gasteiger partial charge in [0.25, 0.3) is 0 Å². The van der Waals surface area contributed by atoms with Gasteiger partial charge in [0.15, 0.2) is 0 Å². The second-order valence-corrected chi connectivity index (χ2v) is 5.74. The number of nitrogens with zero attached hydrogens (tertiary/aromatic N) is 1. The van der Waals surface area contributed by atoms with Crippen molar-refractivity contribution < 1.29 is 0 Å². The second-order valence-electron chi connectivity index (χ2n) is 4.83. The predicted molar refractivity (Wildman–Crippen MR) is 81.7 cm³/mol. The minimum Gasteiger partial charge on any atom is -0.309 e. The second kappa shape index (κ2) is 8.65. The fraction of sp³-hybridized carbons (Fsp3) is 0.667. The average molecular weight is 313 g/mol. The summed E-state index contributed by atoms with van der Waals surface area (Å²) in [5.41, 5.74) is 1.17. The first-order chi connectivity index (χ1) is 8.71. The molecule has 3 heteroatoms. The van der Waals surface area contributed by atoms with E-state index in [4.69, 9.17) is 0 Å². The van der Waals surface area contributed by atoms with E-state index in [1.54, 1.807) is 0 Å². The Morgan fingerprint density at radius 2 is 1.94 bits per heavy atom. The van der Waals surface area contributed by atoms with E-state index in [-0.39, 0.29) is 0 Å². The monoisotopic (exact) mass is 312 g/mol. The van der Waals surface area contributed by atoms with E-state index in [1.807, 2.05) is 6.20 Å². The van der Waals surface area contributed by atoms with Crippen LogP contribution in [0.15, 0.2) is 22.8 Å². The maximum absolute atomic E-state index is 4.54. The van der Waals surface area contributed by atoms with Crippen molar-refractivity contribution >= 4 is 15.9 Å². The highest BCUT2D eigenvalue weighted by atomic mass is 79.9. The molecule has 0 aliphatic heterocycles. The van der Waals surface area contributed by atoms with Gasteiger partial charge >= 0.3 is 0 Å². The van der Waals surface area contributed by atoms with Crippen LogP contribution in [0, 0.1) is 5.92 Å². The Morgan fingerprint density at radius 3 is 2.44 bits per heavy atom. The van der Waals surface area contributed by atoms with Crippen molar-refractivity contribution in [3.63, 3.8) is 0 Å². The van der Waals surface area contributed by atoms with Gasteiger partial charge in [-0.05, 0) is 53.4 Å². The smallest absolute Gasteiger partial charge is 0.0574 e. The molecule has 0 bridgehead atoms. The summed E-state index contributed by atoms with van der Waals surface area (Å²) in [5.74, 6) is 0.782. The summed E-state index contributed by atoms with van der Waals surface area (Å²) in [7, 11) is 0. The zero-order valence-electron chi connectivity index (χ0n) is 11.7. The maximum Gasteiger partial charge on any atom is 0.0574 e. The van der Waals surface area contributed by atoms with Gasteiger partial charge in [-0.3, -0.25) is 4.98 Å². The standard InChI is InChI=1S/C15H25BrN2/c1-4-9-17-15(10-12(5-2)6-3)14-8-7-13(16)11-18-14/h7-8,11-12,15,17H,4-6,9-10H2,1-3H3. The van der Waals surface area contributed by atoms with Crippen LogP contribution >= 0.6 is 15.9 Å². The normalized spacial score (nSPS) is 12.9. The number of hydrogen-bond donors (Lipinski definition) is 1. The zero-order valence-corrected chi connectivity index (χ0v) is 13.3. The first-order valence-corrected chi connectivity index (χ1v) is 7.85. The highest BCUT2D eigenvalue weighted by molar-refractivity contribution is 9.10. The van der Waals surface area contributed by atoms with Crippen LogP contribution in [0.4, 0.5) is 0 Å². The molecule has 1 aromatic heterocycles. The minimum atomic E-state index is 0.392. The lowest BCUT2D eigenvalue weighted by Gasteiger charge is -2.22. The van der Waals surface area contributed by atoms with Crippen molar-refractivity contribution in [2.45, 2.75) is 52.5 Å². The van der Waals surface area contributed by atoms with Gasteiger partial charge in [0, 0.05) is 16.7 Å². The average Bonchev–Trinajstić information content (AvgIpc) is 2.40. The lowest BCUT2D eigenvalue weighted by atomic mass is 9.93. The Balaban J connectivity index is 2.73. The first-order valence-electron chi connectivity index (χ1n) is 7.06. The summed E-state index contributed by atoms with van der Waals surface area (Å²) in [6.45, 7) is 7.82. The topological polar surface area (TPSA) is 24.9 Å². The molecule has 18 heavy (non-hydrogen) atoms. The molecule has 0 saturated heterocycles. The summed E-state index contributed by atoms with van der Waals surface area (Å²) in [6, 6.07) is 4.60. The largest absolute Gasteiger partial charge is 0.309 e. The molecule has 1 N–H and O–H groups in total. The third-order valence-electron chi connectivity index (χ3n) is 3.47. The number of aromatic nitrogens is 1. The molecule has 0 spiro atoms. The van der Waals surface area contributed by atoms with Crippen molar-refractivity contribution in [2.24, 2.45) is 5.92 Å². The lowest BCUT2D eigenvalue weighted by Crippen LogP contribution is -2.25. The van der Waals surface area contributed by atoms with Crippen LogP contribution < -0.4 is 5.32 Å². The van der Waals surface area contributed by atoms with Gasteiger partial charge in [0.2, 0.25) is 0 Å². The van der Waals surface area contributed by atoms with E-state index in [0.717, 1.165) is 23.4 Å². The predicted octanol–water partition coefficient (Wildman–Crippen LogP) is 4.71. The first kappa shape index (κ1) is 15.6. The molecule has 1 atom stereocenters. The van der Waals surface area contributed by atoms with E-state index in [9.17, 15) is 0 Å². The summed E-state index contributed by atoms with van der Waals surface area (Å²) in [6.07, 6.45) is 6.73. The van der Waals surface area contributed by atoms with Gasteiger partial charge in [0.1, 0.15) is 0 Å². The molecule has 0 aliphatic carbocycles. The SMILES string of the molecule is CCCNC(CC(CC)CC)c1ccc(Br)cn1. The Hall–Kier alpha value is -0.410. The molecule has 1 rings (SSSR count).